The van der Waals surface area contributed by atoms with Crippen LogP contribution in [0.4, 0.5) is 5.95 Å². The van der Waals surface area contributed by atoms with Gasteiger partial charge in [0.05, 0.1) is 5.69 Å². The van der Waals surface area contributed by atoms with E-state index in [9.17, 15) is 0 Å². The van der Waals surface area contributed by atoms with Crippen LogP contribution in [0.3, 0.4) is 0 Å². The molecule has 0 saturated carbocycles. The number of nitrogen functional groups attached to an aromatic ring is 1. The second kappa shape index (κ2) is 3.78. The van der Waals surface area contributed by atoms with Gasteiger partial charge in [-0.05, 0) is 24.0 Å². The van der Waals surface area contributed by atoms with Gasteiger partial charge in [-0.3, -0.25) is 0 Å². The van der Waals surface area contributed by atoms with Crippen molar-refractivity contribution < 1.29 is 4.74 Å². The third-order valence-electron chi connectivity index (χ3n) is 4.34. The van der Waals surface area contributed by atoms with Crippen LogP contribution in [0.5, 0.6) is 0 Å². The largest absolute Gasteiger partial charge is 0.381 e. The van der Waals surface area contributed by atoms with Gasteiger partial charge in [0.25, 0.3) is 0 Å². The van der Waals surface area contributed by atoms with Crippen molar-refractivity contribution in [3.8, 4) is 11.1 Å². The highest BCUT2D eigenvalue weighted by atomic mass is 16.5. The number of nitrogens with two attached hydrogens (primary N) is 1. The first-order valence-corrected chi connectivity index (χ1v) is 6.62. The quantitative estimate of drug-likeness (QED) is 0.781. The summed E-state index contributed by atoms with van der Waals surface area (Å²) in [6.07, 6.45) is 3.79. The summed E-state index contributed by atoms with van der Waals surface area (Å²) < 4.78 is 5.54. The first-order valence-electron chi connectivity index (χ1n) is 6.62. The molecule has 4 heteroatoms. The van der Waals surface area contributed by atoms with E-state index in [0.717, 1.165) is 37.3 Å². The van der Waals surface area contributed by atoms with Crippen molar-refractivity contribution in [3.05, 3.63) is 41.7 Å². The number of rotatable bonds is 0. The van der Waals surface area contributed by atoms with Crippen molar-refractivity contribution >= 4 is 5.95 Å². The number of benzene rings is 1. The normalized spacial score (nSPS) is 19.2. The number of aromatic nitrogens is 2. The van der Waals surface area contributed by atoms with E-state index >= 15 is 0 Å². The minimum atomic E-state index is -0.0266. The Labute approximate surface area is 111 Å². The van der Waals surface area contributed by atoms with Crippen molar-refractivity contribution in [1.29, 1.82) is 0 Å². The maximum Gasteiger partial charge on any atom is 0.220 e. The Morgan fingerprint density at radius 2 is 1.89 bits per heavy atom. The molecule has 1 aromatic heterocycles. The summed E-state index contributed by atoms with van der Waals surface area (Å²) in [4.78, 5) is 8.72. The molecule has 1 aliphatic carbocycles. The van der Waals surface area contributed by atoms with Crippen LogP contribution in [-0.4, -0.2) is 23.2 Å². The second-order valence-electron chi connectivity index (χ2n) is 5.23. The lowest BCUT2D eigenvalue weighted by Crippen LogP contribution is -2.34. The Balaban J connectivity index is 2.03. The zero-order valence-corrected chi connectivity index (χ0v) is 10.6. The smallest absolute Gasteiger partial charge is 0.220 e. The molecule has 1 aromatic carbocycles. The van der Waals surface area contributed by atoms with E-state index in [4.69, 9.17) is 10.5 Å². The zero-order chi connectivity index (χ0) is 12.9. The molecule has 1 aliphatic heterocycles. The molecule has 0 bridgehead atoms. The summed E-state index contributed by atoms with van der Waals surface area (Å²) in [5.41, 5.74) is 10.6. The lowest BCUT2D eigenvalue weighted by Gasteiger charge is -2.34. The van der Waals surface area contributed by atoms with E-state index < -0.39 is 0 Å². The highest BCUT2D eigenvalue weighted by Crippen LogP contribution is 2.52. The summed E-state index contributed by atoms with van der Waals surface area (Å²) >= 11 is 0. The summed E-state index contributed by atoms with van der Waals surface area (Å²) in [7, 11) is 0. The average molecular weight is 253 g/mol. The highest BCUT2D eigenvalue weighted by molar-refractivity contribution is 5.79. The molecule has 0 amide bonds. The van der Waals surface area contributed by atoms with Crippen molar-refractivity contribution in [2.45, 2.75) is 18.3 Å². The van der Waals surface area contributed by atoms with Crippen LogP contribution in [0.1, 0.15) is 24.1 Å². The molecule has 19 heavy (non-hydrogen) atoms. The van der Waals surface area contributed by atoms with Crippen LogP contribution in [0.15, 0.2) is 30.5 Å². The van der Waals surface area contributed by atoms with Crippen LogP contribution >= 0.6 is 0 Å². The monoisotopic (exact) mass is 253 g/mol. The van der Waals surface area contributed by atoms with E-state index in [2.05, 4.69) is 34.2 Å². The third kappa shape index (κ3) is 1.37. The molecule has 4 nitrogen and oxygen atoms in total. The van der Waals surface area contributed by atoms with Gasteiger partial charge in [-0.15, -0.1) is 0 Å². The van der Waals surface area contributed by atoms with E-state index in [0.29, 0.717) is 5.95 Å². The minimum absolute atomic E-state index is 0.0266. The van der Waals surface area contributed by atoms with Gasteiger partial charge in [0.15, 0.2) is 0 Å². The van der Waals surface area contributed by atoms with Gasteiger partial charge in [-0.25, -0.2) is 9.97 Å². The van der Waals surface area contributed by atoms with E-state index in [-0.39, 0.29) is 5.41 Å². The molecule has 2 aromatic rings. The Morgan fingerprint density at radius 1 is 1.11 bits per heavy atom. The molecule has 0 radical (unpaired) electrons. The SMILES string of the molecule is Nc1ncc2c(n1)C1(CCOCC1)c1ccccc1-2. The second-order valence-corrected chi connectivity index (χ2v) is 5.23. The van der Waals surface area contributed by atoms with Gasteiger partial charge >= 0.3 is 0 Å². The van der Waals surface area contributed by atoms with Crippen LogP contribution < -0.4 is 5.73 Å². The summed E-state index contributed by atoms with van der Waals surface area (Å²) in [6, 6.07) is 8.52. The number of ether oxygens (including phenoxy) is 1. The van der Waals surface area contributed by atoms with Crippen molar-refractivity contribution in [2.24, 2.45) is 0 Å². The molecular formula is C15H15N3O. The Kier molecular flexibility index (Phi) is 2.17. The molecule has 1 fully saturated rings. The van der Waals surface area contributed by atoms with E-state index in [1.54, 1.807) is 0 Å². The van der Waals surface area contributed by atoms with Gasteiger partial charge in [-0.2, -0.15) is 0 Å². The molecule has 0 atom stereocenters. The lowest BCUT2D eigenvalue weighted by atomic mass is 9.74. The fourth-order valence-electron chi connectivity index (χ4n) is 3.45. The van der Waals surface area contributed by atoms with Crippen molar-refractivity contribution in [2.75, 3.05) is 18.9 Å². The number of anilines is 1. The van der Waals surface area contributed by atoms with Gasteiger partial charge in [0.2, 0.25) is 5.95 Å². The molecular weight excluding hydrogens is 238 g/mol. The standard InChI is InChI=1S/C15H15N3O/c16-14-17-9-11-10-3-1-2-4-12(10)15(13(11)18-14)5-7-19-8-6-15/h1-4,9H,5-8H2,(H2,16,17,18). The molecule has 2 N–H and O–H groups in total. The fourth-order valence-corrected chi connectivity index (χ4v) is 3.45. The zero-order valence-electron chi connectivity index (χ0n) is 10.6. The van der Waals surface area contributed by atoms with Gasteiger partial charge in [0.1, 0.15) is 0 Å². The molecule has 0 unspecified atom stereocenters. The summed E-state index contributed by atoms with van der Waals surface area (Å²) in [6.45, 7) is 1.55. The third-order valence-corrected chi connectivity index (χ3v) is 4.34. The highest BCUT2D eigenvalue weighted by Gasteiger charge is 2.45. The number of hydrogen-bond acceptors (Lipinski definition) is 4. The first-order chi connectivity index (χ1) is 9.31. The number of fused-ring (bicyclic) bond motifs is 5. The molecule has 96 valence electrons. The maximum absolute atomic E-state index is 5.80. The van der Waals surface area contributed by atoms with E-state index in [1.165, 1.54) is 11.1 Å². The maximum atomic E-state index is 5.80. The van der Waals surface area contributed by atoms with Crippen LogP contribution in [0.2, 0.25) is 0 Å². The predicted octanol–water partition coefficient (Wildman–Crippen LogP) is 2.14. The molecule has 2 heterocycles. The first kappa shape index (κ1) is 10.9. The minimum Gasteiger partial charge on any atom is -0.381 e. The summed E-state index contributed by atoms with van der Waals surface area (Å²) in [5, 5.41) is 0. The molecule has 1 spiro atoms. The molecule has 4 rings (SSSR count). The fraction of sp³-hybridized carbons (Fsp3) is 0.333. The van der Waals surface area contributed by atoms with E-state index in [1.807, 2.05) is 6.20 Å². The lowest BCUT2D eigenvalue weighted by molar-refractivity contribution is 0.0632. The topological polar surface area (TPSA) is 61.0 Å². The van der Waals surface area contributed by atoms with Gasteiger partial charge in [-0.1, -0.05) is 24.3 Å². The summed E-state index contributed by atoms with van der Waals surface area (Å²) in [5.74, 6) is 0.359. The van der Waals surface area contributed by atoms with Crippen molar-refractivity contribution in [3.63, 3.8) is 0 Å². The Morgan fingerprint density at radius 3 is 2.74 bits per heavy atom. The Bertz CT molecular complexity index is 648. The van der Waals surface area contributed by atoms with Gasteiger partial charge in [0, 0.05) is 30.4 Å². The van der Waals surface area contributed by atoms with Crippen molar-refractivity contribution in [1.82, 2.24) is 9.97 Å². The van der Waals surface area contributed by atoms with Crippen LogP contribution in [0, 0.1) is 0 Å². The van der Waals surface area contributed by atoms with Crippen LogP contribution in [0.25, 0.3) is 11.1 Å². The predicted molar refractivity (Wildman–Crippen MR) is 72.7 cm³/mol. The average Bonchev–Trinajstić information content (AvgIpc) is 2.71. The molecule has 2 aliphatic rings. The van der Waals surface area contributed by atoms with Gasteiger partial charge < -0.3 is 10.5 Å². The molecule has 1 saturated heterocycles. The Hall–Kier alpha value is -1.94. The number of hydrogen-bond donors (Lipinski definition) is 1. The number of nitrogens with zero attached hydrogens (tertiary/aromatic N) is 2. The van der Waals surface area contributed by atoms with Crippen LogP contribution in [-0.2, 0) is 10.2 Å².